The number of hydrogen-bond donors (Lipinski definition) is 2. The second-order valence-electron chi connectivity index (χ2n) is 5.77. The molecule has 8 nitrogen and oxygen atoms in total. The van der Waals surface area contributed by atoms with Gasteiger partial charge in [-0.2, -0.15) is 0 Å². The van der Waals surface area contributed by atoms with Crippen LogP contribution in [0, 0.1) is 0 Å². The summed E-state index contributed by atoms with van der Waals surface area (Å²) in [5.74, 6) is -0.238. The number of carbonyl (C=O) groups excluding carboxylic acids is 2. The van der Waals surface area contributed by atoms with E-state index < -0.39 is 27.7 Å². The summed E-state index contributed by atoms with van der Waals surface area (Å²) in [6, 6.07) is 5.89. The second-order valence-corrected chi connectivity index (χ2v) is 7.99. The maximum absolute atomic E-state index is 12.3. The van der Waals surface area contributed by atoms with Crippen molar-refractivity contribution in [3.05, 3.63) is 53.7 Å². The fourth-order valence-corrected chi connectivity index (χ4v) is 4.22. The van der Waals surface area contributed by atoms with E-state index in [0.29, 0.717) is 12.2 Å². The lowest BCUT2D eigenvalue weighted by Gasteiger charge is -2.11. The van der Waals surface area contributed by atoms with Gasteiger partial charge >= 0.3 is 0 Å². The van der Waals surface area contributed by atoms with E-state index in [4.69, 9.17) is 4.42 Å². The Balaban J connectivity index is 1.62. The van der Waals surface area contributed by atoms with Crippen LogP contribution in [0.5, 0.6) is 0 Å². The summed E-state index contributed by atoms with van der Waals surface area (Å²) in [5.41, 5.74) is 0.348. The van der Waals surface area contributed by atoms with Crippen molar-refractivity contribution in [3.63, 3.8) is 0 Å². The molecule has 3 rings (SSSR count). The van der Waals surface area contributed by atoms with Crippen LogP contribution >= 0.6 is 0 Å². The zero-order chi connectivity index (χ0) is 17.9. The molecule has 2 N–H and O–H groups in total. The third kappa shape index (κ3) is 4.44. The Morgan fingerprint density at radius 1 is 1.28 bits per heavy atom. The minimum atomic E-state index is -3.07. The number of aromatic nitrogens is 1. The van der Waals surface area contributed by atoms with Crippen LogP contribution < -0.4 is 10.6 Å². The summed E-state index contributed by atoms with van der Waals surface area (Å²) in [4.78, 5) is 28.3. The van der Waals surface area contributed by atoms with Gasteiger partial charge in [-0.25, -0.2) is 8.42 Å². The number of furan rings is 1. The predicted molar refractivity (Wildman–Crippen MR) is 88.6 cm³/mol. The molecule has 0 radical (unpaired) electrons. The van der Waals surface area contributed by atoms with E-state index in [-0.39, 0.29) is 29.3 Å². The van der Waals surface area contributed by atoms with Crippen LogP contribution in [0.15, 0.2) is 41.1 Å². The monoisotopic (exact) mass is 363 g/mol. The normalized spacial score (nSPS) is 18.6. The SMILES string of the molecule is O=C(NC1CCS(=O)(=O)C1)c1ccnc(C(=O)NCc2ccco2)c1. The molecule has 1 aliphatic rings. The van der Waals surface area contributed by atoms with Crippen molar-refractivity contribution in [2.45, 2.75) is 19.0 Å². The molecule has 0 aromatic carbocycles. The lowest BCUT2D eigenvalue weighted by Crippen LogP contribution is -2.35. The van der Waals surface area contributed by atoms with Crippen molar-refractivity contribution in [2.24, 2.45) is 0 Å². The molecule has 3 heterocycles. The zero-order valence-electron chi connectivity index (χ0n) is 13.3. The van der Waals surface area contributed by atoms with Gasteiger partial charge in [0.1, 0.15) is 11.5 Å². The van der Waals surface area contributed by atoms with Crippen LogP contribution in [0.4, 0.5) is 0 Å². The van der Waals surface area contributed by atoms with E-state index in [9.17, 15) is 18.0 Å². The van der Waals surface area contributed by atoms with Gasteiger partial charge in [-0.3, -0.25) is 14.6 Å². The molecule has 1 unspecified atom stereocenters. The molecule has 2 aromatic rings. The van der Waals surface area contributed by atoms with Gasteiger partial charge in [0, 0.05) is 17.8 Å². The number of pyridine rings is 1. The number of hydrogen-bond acceptors (Lipinski definition) is 6. The molecule has 1 fully saturated rings. The molecular formula is C16H17N3O5S. The minimum absolute atomic E-state index is 0.0552. The second kappa shape index (κ2) is 7.06. The van der Waals surface area contributed by atoms with E-state index in [0.717, 1.165) is 0 Å². The largest absolute Gasteiger partial charge is 0.467 e. The van der Waals surface area contributed by atoms with Crippen molar-refractivity contribution in [1.82, 2.24) is 15.6 Å². The highest BCUT2D eigenvalue weighted by atomic mass is 32.2. The number of nitrogens with one attached hydrogen (secondary N) is 2. The van der Waals surface area contributed by atoms with Crippen molar-refractivity contribution in [2.75, 3.05) is 11.5 Å². The highest BCUT2D eigenvalue weighted by Gasteiger charge is 2.29. The molecule has 1 saturated heterocycles. The average Bonchev–Trinajstić information content (AvgIpc) is 3.22. The summed E-state index contributed by atoms with van der Waals surface area (Å²) >= 11 is 0. The molecule has 1 aliphatic heterocycles. The van der Waals surface area contributed by atoms with Gasteiger partial charge in [0.15, 0.2) is 9.84 Å². The van der Waals surface area contributed by atoms with Crippen LogP contribution in [0.2, 0.25) is 0 Å². The highest BCUT2D eigenvalue weighted by molar-refractivity contribution is 7.91. The number of carbonyl (C=O) groups is 2. The smallest absolute Gasteiger partial charge is 0.270 e. The first-order valence-electron chi connectivity index (χ1n) is 7.71. The van der Waals surface area contributed by atoms with Gasteiger partial charge in [-0.15, -0.1) is 0 Å². The number of sulfone groups is 1. The van der Waals surface area contributed by atoms with E-state index in [1.165, 1.54) is 24.6 Å². The molecular weight excluding hydrogens is 346 g/mol. The van der Waals surface area contributed by atoms with Gasteiger partial charge in [0.05, 0.1) is 24.3 Å². The summed E-state index contributed by atoms with van der Waals surface area (Å²) in [6.45, 7) is 0.212. The Morgan fingerprint density at radius 3 is 2.80 bits per heavy atom. The summed E-state index contributed by atoms with van der Waals surface area (Å²) < 4.78 is 28.0. The van der Waals surface area contributed by atoms with Crippen LogP contribution in [-0.2, 0) is 16.4 Å². The summed E-state index contributed by atoms with van der Waals surface area (Å²) in [6.07, 6.45) is 3.27. The Kier molecular flexibility index (Phi) is 4.84. The fraction of sp³-hybridized carbons (Fsp3) is 0.312. The first-order chi connectivity index (χ1) is 11.9. The lowest BCUT2D eigenvalue weighted by atomic mass is 10.2. The van der Waals surface area contributed by atoms with E-state index in [1.54, 1.807) is 12.1 Å². The van der Waals surface area contributed by atoms with Crippen LogP contribution in [0.3, 0.4) is 0 Å². The third-order valence-electron chi connectivity index (χ3n) is 3.83. The summed E-state index contributed by atoms with van der Waals surface area (Å²) in [7, 11) is -3.07. The third-order valence-corrected chi connectivity index (χ3v) is 5.59. The van der Waals surface area contributed by atoms with Crippen LogP contribution in [-0.4, -0.2) is 42.8 Å². The molecule has 2 amide bonds. The fourth-order valence-electron chi connectivity index (χ4n) is 2.54. The minimum Gasteiger partial charge on any atom is -0.467 e. The van der Waals surface area contributed by atoms with Crippen molar-refractivity contribution >= 4 is 21.7 Å². The topological polar surface area (TPSA) is 118 Å². The van der Waals surface area contributed by atoms with Crippen LogP contribution in [0.1, 0.15) is 33.0 Å². The highest BCUT2D eigenvalue weighted by Crippen LogP contribution is 2.12. The Bertz CT molecular complexity index is 877. The first-order valence-corrected chi connectivity index (χ1v) is 9.53. The van der Waals surface area contributed by atoms with Gasteiger partial charge in [0.2, 0.25) is 0 Å². The van der Waals surface area contributed by atoms with Gasteiger partial charge in [0.25, 0.3) is 11.8 Å². The van der Waals surface area contributed by atoms with Crippen molar-refractivity contribution in [3.8, 4) is 0 Å². The molecule has 0 bridgehead atoms. The summed E-state index contributed by atoms with van der Waals surface area (Å²) in [5, 5.41) is 5.32. The zero-order valence-corrected chi connectivity index (χ0v) is 14.1. The first kappa shape index (κ1) is 17.2. The number of rotatable bonds is 5. The van der Waals surface area contributed by atoms with Gasteiger partial charge in [-0.05, 0) is 30.7 Å². The Hall–Kier alpha value is -2.68. The van der Waals surface area contributed by atoms with Gasteiger partial charge in [-0.1, -0.05) is 0 Å². The van der Waals surface area contributed by atoms with Crippen molar-refractivity contribution < 1.29 is 22.4 Å². The molecule has 25 heavy (non-hydrogen) atoms. The predicted octanol–water partition coefficient (Wildman–Crippen LogP) is 0.522. The molecule has 0 aliphatic carbocycles. The molecule has 2 aromatic heterocycles. The quantitative estimate of drug-likeness (QED) is 0.799. The average molecular weight is 363 g/mol. The molecule has 0 spiro atoms. The van der Waals surface area contributed by atoms with E-state index >= 15 is 0 Å². The van der Waals surface area contributed by atoms with E-state index in [2.05, 4.69) is 15.6 Å². The van der Waals surface area contributed by atoms with Crippen molar-refractivity contribution in [1.29, 1.82) is 0 Å². The Labute approximate surface area is 144 Å². The molecule has 132 valence electrons. The number of amides is 2. The maximum Gasteiger partial charge on any atom is 0.270 e. The van der Waals surface area contributed by atoms with Gasteiger partial charge < -0.3 is 15.1 Å². The van der Waals surface area contributed by atoms with E-state index in [1.807, 2.05) is 0 Å². The molecule has 0 saturated carbocycles. The molecule has 1 atom stereocenters. The molecule has 9 heteroatoms. The standard InChI is InChI=1S/C16H17N3O5S/c20-15(19-12-4-7-25(22,23)10-12)11-3-5-17-14(8-11)16(21)18-9-13-2-1-6-24-13/h1-3,5-6,8,12H,4,7,9-10H2,(H,18,21)(H,19,20). The van der Waals surface area contributed by atoms with Crippen LogP contribution in [0.25, 0.3) is 0 Å². The number of nitrogens with zero attached hydrogens (tertiary/aromatic N) is 1. The lowest BCUT2D eigenvalue weighted by molar-refractivity contribution is 0.0941. The maximum atomic E-state index is 12.3. The Morgan fingerprint density at radius 2 is 2.12 bits per heavy atom.